The molecule has 17 heavy (non-hydrogen) atoms. The molecule has 2 fully saturated rings. The van der Waals surface area contributed by atoms with E-state index < -0.39 is 11.3 Å². The van der Waals surface area contributed by atoms with Crippen molar-refractivity contribution in [2.24, 2.45) is 11.1 Å². The first kappa shape index (κ1) is 12.1. The normalized spacial score (nSPS) is 23.4. The molecule has 0 aromatic heterocycles. The van der Waals surface area contributed by atoms with Gasteiger partial charge in [-0.3, -0.25) is 19.3 Å². The number of carbonyl (C=O) groups excluding carboxylic acids is 3. The molecule has 1 heterocycles. The highest BCUT2D eigenvalue weighted by Crippen LogP contribution is 2.45. The van der Waals surface area contributed by atoms with Gasteiger partial charge in [0.05, 0.1) is 5.41 Å². The Morgan fingerprint density at radius 2 is 1.88 bits per heavy atom. The molecule has 94 valence electrons. The van der Waals surface area contributed by atoms with Crippen LogP contribution >= 0.6 is 0 Å². The summed E-state index contributed by atoms with van der Waals surface area (Å²) >= 11 is 0. The van der Waals surface area contributed by atoms with E-state index in [1.807, 2.05) is 0 Å². The van der Waals surface area contributed by atoms with E-state index in [9.17, 15) is 14.4 Å². The van der Waals surface area contributed by atoms with Gasteiger partial charge in [0.25, 0.3) is 0 Å². The van der Waals surface area contributed by atoms with Crippen LogP contribution in [0.3, 0.4) is 0 Å². The summed E-state index contributed by atoms with van der Waals surface area (Å²) in [7, 11) is 0. The number of nitrogens with zero attached hydrogens (tertiary/aromatic N) is 1. The topological polar surface area (TPSA) is 80.5 Å². The molecule has 5 heteroatoms. The van der Waals surface area contributed by atoms with Crippen molar-refractivity contribution in [1.82, 2.24) is 4.90 Å². The van der Waals surface area contributed by atoms with E-state index in [1.165, 1.54) is 4.90 Å². The van der Waals surface area contributed by atoms with Crippen LogP contribution in [-0.2, 0) is 14.4 Å². The van der Waals surface area contributed by atoms with Crippen molar-refractivity contribution in [3.05, 3.63) is 0 Å². The number of imide groups is 1. The van der Waals surface area contributed by atoms with Crippen molar-refractivity contribution < 1.29 is 14.4 Å². The molecule has 0 atom stereocenters. The molecular weight excluding hydrogens is 220 g/mol. The first-order valence-corrected chi connectivity index (χ1v) is 6.18. The highest BCUT2D eigenvalue weighted by molar-refractivity contribution is 6.06. The smallest absolute Gasteiger partial charge is 0.235 e. The molecule has 1 saturated carbocycles. The van der Waals surface area contributed by atoms with Crippen LogP contribution in [0.1, 0.15) is 44.9 Å². The maximum atomic E-state index is 12.3. The monoisotopic (exact) mass is 238 g/mol. The van der Waals surface area contributed by atoms with Crippen LogP contribution in [0.15, 0.2) is 0 Å². The minimum absolute atomic E-state index is 0.0631. The molecule has 0 bridgehead atoms. The number of hydrogen-bond donors (Lipinski definition) is 1. The summed E-state index contributed by atoms with van der Waals surface area (Å²) in [5.41, 5.74) is 4.59. The highest BCUT2D eigenvalue weighted by atomic mass is 16.2. The molecule has 0 unspecified atom stereocenters. The lowest BCUT2D eigenvalue weighted by atomic mass is 9.73. The number of hydrogen-bond acceptors (Lipinski definition) is 3. The molecule has 3 amide bonds. The van der Waals surface area contributed by atoms with E-state index in [2.05, 4.69) is 0 Å². The van der Waals surface area contributed by atoms with E-state index in [0.29, 0.717) is 6.42 Å². The Hall–Kier alpha value is -1.39. The van der Waals surface area contributed by atoms with Crippen molar-refractivity contribution in [3.8, 4) is 0 Å². The lowest BCUT2D eigenvalue weighted by Crippen LogP contribution is -2.38. The average Bonchev–Trinajstić information content (AvgIpc) is 2.50. The fourth-order valence-corrected chi connectivity index (χ4v) is 2.93. The SMILES string of the molecule is NC(=O)CCN1C(=O)CC2(CCCCC2)C1=O. The van der Waals surface area contributed by atoms with Crippen molar-refractivity contribution in [2.75, 3.05) is 6.54 Å². The van der Waals surface area contributed by atoms with Crippen molar-refractivity contribution >= 4 is 17.7 Å². The Balaban J connectivity index is 2.07. The number of rotatable bonds is 3. The van der Waals surface area contributed by atoms with Gasteiger partial charge in [0.1, 0.15) is 0 Å². The second-order valence-electron chi connectivity index (χ2n) is 5.08. The lowest BCUT2D eigenvalue weighted by Gasteiger charge is -2.30. The van der Waals surface area contributed by atoms with Gasteiger partial charge < -0.3 is 5.73 Å². The van der Waals surface area contributed by atoms with Crippen LogP contribution in [0.25, 0.3) is 0 Å². The van der Waals surface area contributed by atoms with Gasteiger partial charge in [-0.15, -0.1) is 0 Å². The minimum Gasteiger partial charge on any atom is -0.370 e. The third kappa shape index (κ3) is 2.18. The standard InChI is InChI=1S/C12H18N2O3/c13-9(15)4-7-14-10(16)8-12(11(14)17)5-2-1-3-6-12/h1-8H2,(H2,13,15). The highest BCUT2D eigenvalue weighted by Gasteiger charge is 2.51. The largest absolute Gasteiger partial charge is 0.370 e. The van der Waals surface area contributed by atoms with Crippen molar-refractivity contribution in [3.63, 3.8) is 0 Å². The molecule has 0 radical (unpaired) electrons. The predicted octanol–water partition coefficient (Wildman–Crippen LogP) is 0.571. The Kier molecular flexibility index (Phi) is 3.17. The maximum absolute atomic E-state index is 12.3. The zero-order valence-electron chi connectivity index (χ0n) is 9.91. The fourth-order valence-electron chi connectivity index (χ4n) is 2.93. The van der Waals surface area contributed by atoms with Crippen molar-refractivity contribution in [1.29, 1.82) is 0 Å². The zero-order chi connectivity index (χ0) is 12.5. The van der Waals surface area contributed by atoms with E-state index in [-0.39, 0.29) is 24.8 Å². The summed E-state index contributed by atoms with van der Waals surface area (Å²) in [6.45, 7) is 0.148. The Morgan fingerprint density at radius 3 is 2.47 bits per heavy atom. The second-order valence-corrected chi connectivity index (χ2v) is 5.08. The Morgan fingerprint density at radius 1 is 1.24 bits per heavy atom. The molecule has 2 rings (SSSR count). The first-order chi connectivity index (χ1) is 8.05. The molecule has 1 aliphatic carbocycles. The van der Waals surface area contributed by atoms with Crippen LogP contribution in [0, 0.1) is 5.41 Å². The Labute approximate surface area is 100 Å². The fraction of sp³-hybridized carbons (Fsp3) is 0.750. The van der Waals surface area contributed by atoms with Gasteiger partial charge >= 0.3 is 0 Å². The maximum Gasteiger partial charge on any atom is 0.235 e. The zero-order valence-corrected chi connectivity index (χ0v) is 9.91. The van der Waals surface area contributed by atoms with Gasteiger partial charge in [0.15, 0.2) is 0 Å². The van der Waals surface area contributed by atoms with Crippen LogP contribution in [0.2, 0.25) is 0 Å². The third-order valence-electron chi connectivity index (χ3n) is 3.88. The summed E-state index contributed by atoms with van der Waals surface area (Å²) in [6.07, 6.45) is 5.18. The van der Waals surface area contributed by atoms with Gasteiger partial charge in [0.2, 0.25) is 17.7 Å². The molecule has 1 saturated heterocycles. The molecule has 0 aromatic rings. The van der Waals surface area contributed by atoms with E-state index in [1.54, 1.807) is 0 Å². The van der Waals surface area contributed by atoms with Crippen LogP contribution < -0.4 is 5.73 Å². The quantitative estimate of drug-likeness (QED) is 0.730. The van der Waals surface area contributed by atoms with Crippen LogP contribution in [0.4, 0.5) is 0 Å². The number of carbonyl (C=O) groups is 3. The number of nitrogens with two attached hydrogens (primary N) is 1. The van der Waals surface area contributed by atoms with E-state index >= 15 is 0 Å². The lowest BCUT2D eigenvalue weighted by molar-refractivity contribution is -0.142. The molecular formula is C12H18N2O3. The van der Waals surface area contributed by atoms with Gasteiger partial charge in [-0.05, 0) is 12.8 Å². The van der Waals surface area contributed by atoms with Crippen molar-refractivity contribution in [2.45, 2.75) is 44.9 Å². The molecule has 5 nitrogen and oxygen atoms in total. The third-order valence-corrected chi connectivity index (χ3v) is 3.88. The van der Waals surface area contributed by atoms with Gasteiger partial charge in [-0.25, -0.2) is 0 Å². The van der Waals surface area contributed by atoms with Crippen LogP contribution in [0.5, 0.6) is 0 Å². The Bertz CT molecular complexity index is 359. The molecule has 2 aliphatic rings. The summed E-state index contributed by atoms with van der Waals surface area (Å²) in [6, 6.07) is 0. The number of likely N-dealkylation sites (tertiary alicyclic amines) is 1. The summed E-state index contributed by atoms with van der Waals surface area (Å²) in [5.74, 6) is -0.697. The number of primary amides is 1. The molecule has 0 aromatic carbocycles. The summed E-state index contributed by atoms with van der Waals surface area (Å²) < 4.78 is 0. The number of amides is 3. The second kappa shape index (κ2) is 4.47. The predicted molar refractivity (Wildman–Crippen MR) is 60.7 cm³/mol. The summed E-state index contributed by atoms with van der Waals surface area (Å²) in [4.78, 5) is 36.0. The minimum atomic E-state index is -0.477. The average molecular weight is 238 g/mol. The van der Waals surface area contributed by atoms with Gasteiger partial charge in [0, 0.05) is 19.4 Å². The molecule has 1 aliphatic heterocycles. The molecule has 2 N–H and O–H groups in total. The van der Waals surface area contributed by atoms with E-state index in [4.69, 9.17) is 5.73 Å². The molecule has 1 spiro atoms. The summed E-state index contributed by atoms with van der Waals surface area (Å²) in [5, 5.41) is 0. The van der Waals surface area contributed by atoms with E-state index in [0.717, 1.165) is 32.1 Å². The van der Waals surface area contributed by atoms with Gasteiger partial charge in [-0.1, -0.05) is 19.3 Å². The first-order valence-electron chi connectivity index (χ1n) is 6.18. The van der Waals surface area contributed by atoms with Crippen LogP contribution in [-0.4, -0.2) is 29.2 Å². The van der Waals surface area contributed by atoms with Gasteiger partial charge in [-0.2, -0.15) is 0 Å².